The minimum Gasteiger partial charge on any atom is -0.303 e. The van der Waals surface area contributed by atoms with Gasteiger partial charge in [-0.1, -0.05) is 0 Å². The van der Waals surface area contributed by atoms with Crippen LogP contribution in [0.15, 0.2) is 47.8 Å². The van der Waals surface area contributed by atoms with Crippen LogP contribution in [0, 0.1) is 24.1 Å². The van der Waals surface area contributed by atoms with Crippen molar-refractivity contribution < 1.29 is 26.0 Å². The molecule has 0 amide bonds. The fourth-order valence-electron chi connectivity index (χ4n) is 3.61. The van der Waals surface area contributed by atoms with Crippen LogP contribution in [0.5, 0.6) is 0 Å². The minimum absolute atomic E-state index is 0.0923. The van der Waals surface area contributed by atoms with E-state index in [9.17, 15) is 31.2 Å². The molecule has 0 bridgehead atoms. The Hall–Kier alpha value is -3.76. The number of fused-ring (bicyclic) bond motifs is 1. The lowest BCUT2D eigenvalue weighted by atomic mass is 10.1. The molecule has 1 aromatic carbocycles. The van der Waals surface area contributed by atoms with Gasteiger partial charge in [0, 0.05) is 24.8 Å². The number of halogens is 4. The SMILES string of the molecule is Cc1cc2c(cc1F)c(C#N)c(-c1ccc(S(=O)(=O)N[C@@H](C)C(F)(F)F)cn1)n2-c1cnn(C)c1. The van der Waals surface area contributed by atoms with E-state index < -0.39 is 33.0 Å². The largest absolute Gasteiger partial charge is 0.404 e. The van der Waals surface area contributed by atoms with E-state index in [0.29, 0.717) is 29.1 Å². The summed E-state index contributed by atoms with van der Waals surface area (Å²) >= 11 is 0. The molecule has 0 fully saturated rings. The topological polar surface area (TPSA) is 106 Å². The van der Waals surface area contributed by atoms with Gasteiger partial charge in [-0.2, -0.15) is 28.3 Å². The summed E-state index contributed by atoms with van der Waals surface area (Å²) in [5.41, 5.74) is 1.88. The Balaban J connectivity index is 1.90. The summed E-state index contributed by atoms with van der Waals surface area (Å²) in [6.45, 7) is 2.26. The van der Waals surface area contributed by atoms with Gasteiger partial charge in [0.05, 0.1) is 34.4 Å². The molecule has 182 valence electrons. The lowest BCUT2D eigenvalue weighted by Gasteiger charge is -2.17. The molecule has 35 heavy (non-hydrogen) atoms. The smallest absolute Gasteiger partial charge is 0.303 e. The Labute approximate surface area is 197 Å². The summed E-state index contributed by atoms with van der Waals surface area (Å²) in [4.78, 5) is 3.65. The number of aromatic nitrogens is 4. The van der Waals surface area contributed by atoms with Crippen molar-refractivity contribution in [1.82, 2.24) is 24.1 Å². The van der Waals surface area contributed by atoms with E-state index in [1.165, 1.54) is 23.0 Å². The van der Waals surface area contributed by atoms with Crippen LogP contribution in [-0.2, 0) is 17.1 Å². The van der Waals surface area contributed by atoms with Gasteiger partial charge in [0.1, 0.15) is 22.8 Å². The van der Waals surface area contributed by atoms with Crippen LogP contribution >= 0.6 is 0 Å². The van der Waals surface area contributed by atoms with Crippen LogP contribution in [0.4, 0.5) is 17.6 Å². The second-order valence-electron chi connectivity index (χ2n) is 7.93. The van der Waals surface area contributed by atoms with Crippen molar-refractivity contribution in [3.05, 3.63) is 59.8 Å². The normalized spacial score (nSPS) is 13.2. The highest BCUT2D eigenvalue weighted by Gasteiger charge is 2.39. The zero-order valence-electron chi connectivity index (χ0n) is 18.6. The Morgan fingerprint density at radius 3 is 2.46 bits per heavy atom. The first-order valence-corrected chi connectivity index (χ1v) is 11.6. The molecule has 0 aliphatic heterocycles. The van der Waals surface area contributed by atoms with Crippen molar-refractivity contribution in [2.75, 3.05) is 0 Å². The molecule has 1 N–H and O–H groups in total. The molecule has 4 aromatic rings. The molecular formula is C22H18F4N6O2S. The third-order valence-electron chi connectivity index (χ3n) is 5.42. The predicted octanol–water partition coefficient (Wildman–Crippen LogP) is 3.97. The molecular weight excluding hydrogens is 488 g/mol. The summed E-state index contributed by atoms with van der Waals surface area (Å²) in [6.07, 6.45) is -0.659. The fraction of sp³-hybridized carbons (Fsp3) is 0.227. The van der Waals surface area contributed by atoms with Crippen LogP contribution in [0.25, 0.3) is 28.0 Å². The number of hydrogen-bond acceptors (Lipinski definition) is 5. The van der Waals surface area contributed by atoms with Crippen molar-refractivity contribution in [3.8, 4) is 23.1 Å². The summed E-state index contributed by atoms with van der Waals surface area (Å²) in [6, 6.07) is 4.93. The highest BCUT2D eigenvalue weighted by atomic mass is 32.2. The van der Waals surface area contributed by atoms with Crippen molar-refractivity contribution in [2.45, 2.75) is 31.0 Å². The van der Waals surface area contributed by atoms with Gasteiger partial charge in [-0.15, -0.1) is 0 Å². The summed E-state index contributed by atoms with van der Waals surface area (Å²) < 4.78 is 82.4. The van der Waals surface area contributed by atoms with Gasteiger partial charge >= 0.3 is 6.18 Å². The third-order valence-corrected chi connectivity index (χ3v) is 6.95. The van der Waals surface area contributed by atoms with E-state index in [1.54, 1.807) is 35.5 Å². The van der Waals surface area contributed by atoms with Crippen LogP contribution in [-0.4, -0.2) is 40.0 Å². The number of nitrogens with zero attached hydrogens (tertiary/aromatic N) is 5. The van der Waals surface area contributed by atoms with Gasteiger partial charge in [-0.3, -0.25) is 9.67 Å². The monoisotopic (exact) mass is 506 g/mol. The molecule has 0 saturated heterocycles. The molecule has 0 radical (unpaired) electrons. The van der Waals surface area contributed by atoms with Crippen LogP contribution in [0.1, 0.15) is 18.1 Å². The molecule has 0 aliphatic rings. The van der Waals surface area contributed by atoms with E-state index in [0.717, 1.165) is 12.3 Å². The molecule has 0 saturated carbocycles. The van der Waals surface area contributed by atoms with Crippen LogP contribution in [0.3, 0.4) is 0 Å². The van der Waals surface area contributed by atoms with E-state index >= 15 is 0 Å². The fourth-order valence-corrected chi connectivity index (χ4v) is 4.78. The van der Waals surface area contributed by atoms with Crippen LogP contribution in [0.2, 0.25) is 0 Å². The second-order valence-corrected chi connectivity index (χ2v) is 9.64. The quantitative estimate of drug-likeness (QED) is 0.413. The highest BCUT2D eigenvalue weighted by molar-refractivity contribution is 7.89. The molecule has 3 aromatic heterocycles. The Morgan fingerprint density at radius 1 is 1.20 bits per heavy atom. The maximum Gasteiger partial charge on any atom is 0.404 e. The number of nitrogens with one attached hydrogen (secondary N) is 1. The lowest BCUT2D eigenvalue weighted by Crippen LogP contribution is -2.42. The van der Waals surface area contributed by atoms with Crippen LogP contribution < -0.4 is 4.72 Å². The number of hydrogen-bond donors (Lipinski definition) is 1. The van der Waals surface area contributed by atoms with Gasteiger partial charge in [-0.25, -0.2) is 12.8 Å². The zero-order valence-corrected chi connectivity index (χ0v) is 19.4. The van der Waals surface area contributed by atoms with Crippen molar-refractivity contribution in [3.63, 3.8) is 0 Å². The number of nitriles is 1. The number of rotatable bonds is 5. The second kappa shape index (κ2) is 8.47. The number of aryl methyl sites for hydroxylation is 2. The predicted molar refractivity (Wildman–Crippen MR) is 119 cm³/mol. The van der Waals surface area contributed by atoms with Gasteiger partial charge in [0.15, 0.2) is 0 Å². The van der Waals surface area contributed by atoms with Gasteiger partial charge in [0.2, 0.25) is 10.0 Å². The van der Waals surface area contributed by atoms with Gasteiger partial charge < -0.3 is 4.57 Å². The maximum absolute atomic E-state index is 14.4. The van der Waals surface area contributed by atoms with E-state index in [4.69, 9.17) is 0 Å². The highest BCUT2D eigenvalue weighted by Crippen LogP contribution is 2.36. The van der Waals surface area contributed by atoms with Gasteiger partial charge in [0.25, 0.3) is 0 Å². The maximum atomic E-state index is 14.4. The minimum atomic E-state index is -4.76. The summed E-state index contributed by atoms with van der Waals surface area (Å²) in [5.74, 6) is -0.511. The van der Waals surface area contributed by atoms with Crippen molar-refractivity contribution in [1.29, 1.82) is 5.26 Å². The van der Waals surface area contributed by atoms with E-state index in [1.807, 2.05) is 0 Å². The first-order chi connectivity index (χ1) is 16.3. The summed E-state index contributed by atoms with van der Waals surface area (Å²) in [7, 11) is -2.83. The zero-order chi connectivity index (χ0) is 25.7. The number of alkyl halides is 3. The van der Waals surface area contributed by atoms with Crippen molar-refractivity contribution in [2.24, 2.45) is 7.05 Å². The Bertz CT molecular complexity index is 1580. The Morgan fingerprint density at radius 2 is 1.91 bits per heavy atom. The first kappa shape index (κ1) is 24.4. The lowest BCUT2D eigenvalue weighted by molar-refractivity contribution is -0.147. The van der Waals surface area contributed by atoms with E-state index in [-0.39, 0.29) is 17.0 Å². The average Bonchev–Trinajstić information content (AvgIpc) is 3.33. The van der Waals surface area contributed by atoms with E-state index in [2.05, 4.69) is 16.2 Å². The molecule has 1 atom stereocenters. The molecule has 0 spiro atoms. The standard InChI is InChI=1S/C22H18F4N6O2S/c1-12-6-20-16(7-18(12)23)17(8-27)21(32(20)14-9-29-31(3)11-14)19-5-4-15(10-28-19)35(33,34)30-13(2)22(24,25)26/h4-7,9-11,13,30H,1-3H3/t13-/m0/s1. The molecule has 4 rings (SSSR count). The average molecular weight is 506 g/mol. The molecule has 0 unspecified atom stereocenters. The number of sulfonamides is 1. The number of benzene rings is 1. The third kappa shape index (κ3) is 4.38. The molecule has 0 aliphatic carbocycles. The summed E-state index contributed by atoms with van der Waals surface area (Å²) in [5, 5.41) is 14.4. The molecule has 3 heterocycles. The molecule has 8 nitrogen and oxygen atoms in total. The number of pyridine rings is 1. The first-order valence-electron chi connectivity index (χ1n) is 10.1. The van der Waals surface area contributed by atoms with Crippen molar-refractivity contribution >= 4 is 20.9 Å². The van der Waals surface area contributed by atoms with Gasteiger partial charge in [-0.05, 0) is 43.7 Å². The molecule has 13 heteroatoms. The Kier molecular flexibility index (Phi) is 5.90.